The highest BCUT2D eigenvalue weighted by atomic mass is 15.1. The van der Waals surface area contributed by atoms with E-state index in [9.17, 15) is 5.48 Å². The van der Waals surface area contributed by atoms with Gasteiger partial charge in [-0.3, -0.25) is 4.57 Å². The third kappa shape index (κ3) is 3.44. The Bertz CT molecular complexity index is 3160. The average molecular weight is 596 g/mol. The van der Waals surface area contributed by atoms with Crippen molar-refractivity contribution in [1.29, 1.82) is 0 Å². The maximum Gasteiger partial charge on any atom is 0.111 e. The number of aryl methyl sites for hydroxylation is 1. The van der Waals surface area contributed by atoms with Crippen molar-refractivity contribution >= 4 is 43.4 Å². The maximum atomic E-state index is 9.47. The molecule has 8 aromatic carbocycles. The summed E-state index contributed by atoms with van der Waals surface area (Å²) in [6.45, 7) is -2.60. The Morgan fingerprint density at radius 1 is 0.543 bits per heavy atom. The molecular formula is C44H28N2. The Labute approximate surface area is 282 Å². The first kappa shape index (κ1) is 16.9. The van der Waals surface area contributed by atoms with Gasteiger partial charge in [-0.15, -0.1) is 0 Å². The van der Waals surface area contributed by atoms with E-state index < -0.39 is 31.0 Å². The fourth-order valence-corrected chi connectivity index (χ4v) is 7.30. The molecule has 46 heavy (non-hydrogen) atoms. The summed E-state index contributed by atoms with van der Waals surface area (Å²) in [5, 5.41) is 2.06. The fourth-order valence-electron chi connectivity index (χ4n) is 7.30. The molecule has 10 rings (SSSR count). The number of nitrogens with zero attached hydrogens (tertiary/aromatic N) is 2. The van der Waals surface area contributed by atoms with Crippen molar-refractivity contribution in [2.45, 2.75) is 6.85 Å². The van der Waals surface area contributed by atoms with Gasteiger partial charge in [-0.05, 0) is 108 Å². The monoisotopic (exact) mass is 595 g/mol. The number of aromatic nitrogens is 2. The summed E-state index contributed by atoms with van der Waals surface area (Å²) in [7, 11) is 0. The second-order valence-corrected chi connectivity index (χ2v) is 11.5. The zero-order valence-electron chi connectivity index (χ0n) is 35.2. The van der Waals surface area contributed by atoms with Gasteiger partial charge < -0.3 is 0 Å². The number of imidazole rings is 1. The number of fused-ring (bicyclic) bond motifs is 6. The van der Waals surface area contributed by atoms with E-state index in [1.165, 1.54) is 4.57 Å². The molecule has 9 aromatic rings. The summed E-state index contributed by atoms with van der Waals surface area (Å²) in [4.78, 5) is 4.46. The number of rotatable bonds is 3. The van der Waals surface area contributed by atoms with Crippen LogP contribution in [0.1, 0.15) is 20.9 Å². The zero-order valence-corrected chi connectivity index (χ0v) is 24.2. The molecule has 0 fully saturated rings. The molecule has 0 spiro atoms. The molecule has 2 heteroatoms. The van der Waals surface area contributed by atoms with Crippen LogP contribution in [0.3, 0.4) is 0 Å². The molecule has 0 amide bonds. The van der Waals surface area contributed by atoms with Crippen LogP contribution in [0.2, 0.25) is 0 Å². The molecule has 1 aliphatic rings. The second kappa shape index (κ2) is 9.50. The van der Waals surface area contributed by atoms with Crippen molar-refractivity contribution in [3.05, 3.63) is 157 Å². The van der Waals surface area contributed by atoms with Crippen molar-refractivity contribution in [2.75, 3.05) is 0 Å². The Morgan fingerprint density at radius 2 is 1.15 bits per heavy atom. The van der Waals surface area contributed by atoms with Gasteiger partial charge in [-0.2, -0.15) is 0 Å². The van der Waals surface area contributed by atoms with Crippen LogP contribution < -0.4 is 0 Å². The molecule has 1 aromatic heterocycles. The Hall–Kier alpha value is -5.99. The topological polar surface area (TPSA) is 17.8 Å². The molecule has 1 aliphatic carbocycles. The Kier molecular flexibility index (Phi) is 3.49. The Balaban J connectivity index is 1.40. The molecular weight excluding hydrogens is 556 g/mol. The van der Waals surface area contributed by atoms with E-state index >= 15 is 0 Å². The predicted octanol–water partition coefficient (Wildman–Crippen LogP) is 11.8. The van der Waals surface area contributed by atoms with Gasteiger partial charge in [0.1, 0.15) is 5.82 Å². The standard InChI is InChI=1S/C44H28N2/c1-27-45-40-22-8-9-23-41(40)46(27)29-13-10-12-28(26-29)42-33-16-4-6-18-35(33)44(36-19-7-5-17-34(36)42)39-25-24-38-31-15-3-2-14-30(31)32-20-11-21-37(39)43(32)38/h2-26H,1H3/i1D3,4D,5D,6D,7D,16D,17D,18D,19D. The molecule has 214 valence electrons. The van der Waals surface area contributed by atoms with Crippen molar-refractivity contribution in [1.82, 2.24) is 9.55 Å². The van der Waals surface area contributed by atoms with Crippen molar-refractivity contribution in [3.63, 3.8) is 0 Å². The van der Waals surface area contributed by atoms with Gasteiger partial charge in [-0.25, -0.2) is 4.98 Å². The van der Waals surface area contributed by atoms with Crippen molar-refractivity contribution in [2.24, 2.45) is 0 Å². The summed E-state index contributed by atoms with van der Waals surface area (Å²) < 4.78 is 99.9. The average Bonchev–Trinajstić information content (AvgIpc) is 3.78. The van der Waals surface area contributed by atoms with Gasteiger partial charge >= 0.3 is 0 Å². The lowest BCUT2D eigenvalue weighted by Gasteiger charge is -2.19. The molecule has 2 nitrogen and oxygen atoms in total. The van der Waals surface area contributed by atoms with E-state index in [0.717, 1.165) is 33.0 Å². The molecule has 0 radical (unpaired) electrons. The normalized spacial score (nSPS) is 15.7. The molecule has 1 heterocycles. The van der Waals surface area contributed by atoms with E-state index in [1.807, 2.05) is 42.5 Å². The zero-order chi connectivity index (χ0) is 39.8. The van der Waals surface area contributed by atoms with Crippen LogP contribution in [-0.2, 0) is 0 Å². The van der Waals surface area contributed by atoms with Crippen molar-refractivity contribution in [3.8, 4) is 50.2 Å². The first-order valence-corrected chi connectivity index (χ1v) is 15.0. The van der Waals surface area contributed by atoms with Crippen LogP contribution >= 0.6 is 0 Å². The lowest BCUT2D eigenvalue weighted by atomic mass is 9.84. The molecule has 0 aliphatic heterocycles. The molecule has 0 N–H and O–H groups in total. The third-order valence-electron chi connectivity index (χ3n) is 9.15. The first-order valence-electron chi connectivity index (χ1n) is 20.5. The Morgan fingerprint density at radius 3 is 1.89 bits per heavy atom. The summed E-state index contributed by atoms with van der Waals surface area (Å²) in [5.41, 5.74) is 6.83. The smallest absolute Gasteiger partial charge is 0.111 e. The maximum absolute atomic E-state index is 9.47. The van der Waals surface area contributed by atoms with E-state index in [2.05, 4.69) is 17.1 Å². The van der Waals surface area contributed by atoms with Gasteiger partial charge in [0.2, 0.25) is 0 Å². The van der Waals surface area contributed by atoms with Crippen LogP contribution in [0.25, 0.3) is 93.5 Å². The molecule has 0 bridgehead atoms. The van der Waals surface area contributed by atoms with Crippen LogP contribution in [0, 0.1) is 6.85 Å². The molecule has 0 saturated heterocycles. The number of benzene rings is 8. The molecule has 0 atom stereocenters. The van der Waals surface area contributed by atoms with Crippen LogP contribution in [0.15, 0.2) is 151 Å². The van der Waals surface area contributed by atoms with Gasteiger partial charge in [0.05, 0.1) is 22.0 Å². The van der Waals surface area contributed by atoms with Gasteiger partial charge in [-0.1, -0.05) is 127 Å². The summed E-state index contributed by atoms with van der Waals surface area (Å²) in [6.07, 6.45) is 0. The number of hydrogen-bond donors (Lipinski definition) is 0. The highest BCUT2D eigenvalue weighted by Gasteiger charge is 2.24. The van der Waals surface area contributed by atoms with Gasteiger partial charge in [0.15, 0.2) is 0 Å². The van der Waals surface area contributed by atoms with Gasteiger partial charge in [0, 0.05) is 9.80 Å². The largest absolute Gasteiger partial charge is 0.297 e. The summed E-state index contributed by atoms with van der Waals surface area (Å²) in [6, 6.07) is 28.1. The SMILES string of the molecule is [2H]c1c([2H])c([2H])c2c(-c3ccc4c5c(cccc35)-c3ccccc3-4)c3c([2H])c([2H])c([2H])c([2H])c3c(-c3cccc(-n4c(C([2H])([2H])[2H])nc5ccccc54)c3)c2c1[2H]. The fraction of sp³-hybridized carbons (Fsp3) is 0.0227. The second-order valence-electron chi connectivity index (χ2n) is 11.5. The van der Waals surface area contributed by atoms with Crippen molar-refractivity contribution < 1.29 is 15.1 Å². The lowest BCUT2D eigenvalue weighted by Crippen LogP contribution is -1.97. The highest BCUT2D eigenvalue weighted by molar-refractivity contribution is 6.26. The van der Waals surface area contributed by atoms with E-state index in [-0.39, 0.29) is 62.7 Å². The predicted molar refractivity (Wildman–Crippen MR) is 194 cm³/mol. The number of para-hydroxylation sites is 2. The molecule has 0 unspecified atom stereocenters. The quantitative estimate of drug-likeness (QED) is 0.186. The van der Waals surface area contributed by atoms with Gasteiger partial charge in [0.25, 0.3) is 0 Å². The van der Waals surface area contributed by atoms with E-state index in [0.29, 0.717) is 27.8 Å². The van der Waals surface area contributed by atoms with E-state index in [4.69, 9.17) is 9.60 Å². The van der Waals surface area contributed by atoms with Crippen LogP contribution in [0.4, 0.5) is 0 Å². The number of hydrogen-bond acceptors (Lipinski definition) is 1. The minimum Gasteiger partial charge on any atom is -0.297 e. The minimum absolute atomic E-state index is 0.0729. The summed E-state index contributed by atoms with van der Waals surface area (Å²) >= 11 is 0. The third-order valence-corrected chi connectivity index (χ3v) is 9.15. The lowest BCUT2D eigenvalue weighted by molar-refractivity contribution is 1.00. The molecule has 0 saturated carbocycles. The van der Waals surface area contributed by atoms with Crippen LogP contribution in [-0.4, -0.2) is 9.55 Å². The van der Waals surface area contributed by atoms with E-state index in [1.54, 1.807) is 48.5 Å². The summed E-state index contributed by atoms with van der Waals surface area (Å²) in [5.74, 6) is -0.177. The highest BCUT2D eigenvalue weighted by Crippen LogP contribution is 2.51. The minimum atomic E-state index is -2.60. The first-order chi connectivity index (χ1) is 27.3. The van der Waals surface area contributed by atoms with Crippen LogP contribution in [0.5, 0.6) is 0 Å².